The fraction of sp³-hybridized carbons (Fsp3) is 0.778. The van der Waals surface area contributed by atoms with E-state index in [1.807, 2.05) is 13.8 Å². The molecule has 2 saturated carbocycles. The summed E-state index contributed by atoms with van der Waals surface area (Å²) in [6, 6.07) is 0. The minimum atomic E-state index is -0.510. The van der Waals surface area contributed by atoms with E-state index in [1.54, 1.807) is 0 Å². The maximum atomic E-state index is 13.4. The highest BCUT2D eigenvalue weighted by molar-refractivity contribution is 5.96. The Hall–Kier alpha value is -2.40. The highest BCUT2D eigenvalue weighted by Gasteiger charge is 2.64. The minimum Gasteiger partial charge on any atom is -0.375 e. The number of hydrogen-bond donors (Lipinski definition) is 2. The summed E-state index contributed by atoms with van der Waals surface area (Å²) < 4.78 is 24.1. The van der Waals surface area contributed by atoms with Crippen molar-refractivity contribution in [3.8, 4) is 0 Å². The molecule has 10 heteroatoms. The van der Waals surface area contributed by atoms with Gasteiger partial charge in [0.2, 0.25) is 11.8 Å². The normalized spacial score (nSPS) is 40.7. The summed E-state index contributed by atoms with van der Waals surface area (Å²) in [6.45, 7) is 14.4. The lowest BCUT2D eigenvalue weighted by Gasteiger charge is -2.30. The molecular weight excluding hydrogens is 588 g/mol. The summed E-state index contributed by atoms with van der Waals surface area (Å²) in [4.78, 5) is 52.0. The molecule has 6 fully saturated rings. The van der Waals surface area contributed by atoms with Crippen LogP contribution >= 0.6 is 0 Å². The van der Waals surface area contributed by atoms with Gasteiger partial charge >= 0.3 is 0 Å². The SMILES string of the molecule is C=C1CC[C@H](C(=O)NCCCCCCNC(=O)[C@H]2CCC(=C)C(=O)C[C@@H]3O[C@]3(C)[C@H]3OCC[C@@H]23)[C@@H]2CCO[C@@H]2[C@@]2(C)O[C@H]2CC1=O. The van der Waals surface area contributed by atoms with E-state index in [0.717, 1.165) is 38.5 Å². The Balaban J connectivity index is 0.926. The van der Waals surface area contributed by atoms with Gasteiger partial charge in [-0.3, -0.25) is 19.2 Å². The first-order valence-electron chi connectivity index (χ1n) is 17.6. The van der Waals surface area contributed by atoms with Crippen LogP contribution in [-0.4, -0.2) is 85.3 Å². The average molecular weight is 641 g/mol. The molecule has 2 N–H and O–H groups in total. The van der Waals surface area contributed by atoms with Gasteiger partial charge in [0.15, 0.2) is 11.6 Å². The molecule has 4 heterocycles. The number of Topliss-reactive ketones (excluding diaryl/α,β-unsaturated/α-hetero) is 2. The van der Waals surface area contributed by atoms with Crippen LogP contribution in [-0.2, 0) is 38.1 Å². The van der Waals surface area contributed by atoms with Crippen LogP contribution in [0.5, 0.6) is 0 Å². The number of ketones is 2. The lowest BCUT2D eigenvalue weighted by molar-refractivity contribution is -0.129. The van der Waals surface area contributed by atoms with Crippen molar-refractivity contribution in [3.63, 3.8) is 0 Å². The molecule has 0 radical (unpaired) electrons. The monoisotopic (exact) mass is 640 g/mol. The van der Waals surface area contributed by atoms with Gasteiger partial charge in [-0.25, -0.2) is 0 Å². The molecule has 2 amide bonds. The second-order valence-electron chi connectivity index (χ2n) is 14.8. The number of allylic oxidation sites excluding steroid dienone is 2. The van der Waals surface area contributed by atoms with E-state index in [9.17, 15) is 19.2 Å². The van der Waals surface area contributed by atoms with E-state index in [1.165, 1.54) is 0 Å². The van der Waals surface area contributed by atoms with Crippen molar-refractivity contribution in [2.24, 2.45) is 23.7 Å². The van der Waals surface area contributed by atoms with Gasteiger partial charge < -0.3 is 29.6 Å². The summed E-state index contributed by atoms with van der Waals surface area (Å²) in [7, 11) is 0. The van der Waals surface area contributed by atoms with Crippen LogP contribution in [0.4, 0.5) is 0 Å². The number of amides is 2. The van der Waals surface area contributed by atoms with Crippen LogP contribution < -0.4 is 10.6 Å². The molecule has 0 aromatic heterocycles. The predicted molar refractivity (Wildman–Crippen MR) is 170 cm³/mol. The summed E-state index contributed by atoms with van der Waals surface area (Å²) in [5.74, 6) is -0.255. The molecule has 10 atom stereocenters. The quantitative estimate of drug-likeness (QED) is 0.221. The number of carbonyl (C=O) groups is 4. The van der Waals surface area contributed by atoms with Gasteiger partial charge in [-0.1, -0.05) is 26.0 Å². The Labute approximate surface area is 272 Å². The van der Waals surface area contributed by atoms with Crippen LogP contribution in [0.25, 0.3) is 0 Å². The topological polar surface area (TPSA) is 136 Å². The van der Waals surface area contributed by atoms with Crippen molar-refractivity contribution in [3.05, 3.63) is 24.3 Å². The number of fused-ring (bicyclic) bond motifs is 6. The van der Waals surface area contributed by atoms with Gasteiger partial charge in [-0.15, -0.1) is 0 Å². The van der Waals surface area contributed by atoms with Crippen LogP contribution in [0.2, 0.25) is 0 Å². The fourth-order valence-corrected chi connectivity index (χ4v) is 8.68. The van der Waals surface area contributed by atoms with Crippen molar-refractivity contribution >= 4 is 23.4 Å². The van der Waals surface area contributed by atoms with Crippen molar-refractivity contribution in [2.45, 2.75) is 127 Å². The van der Waals surface area contributed by atoms with E-state index in [-0.39, 0.29) is 71.5 Å². The first-order chi connectivity index (χ1) is 22.0. The summed E-state index contributed by atoms with van der Waals surface area (Å²) in [5, 5.41) is 6.31. The van der Waals surface area contributed by atoms with Crippen LogP contribution in [0.3, 0.4) is 0 Å². The van der Waals surface area contributed by atoms with Gasteiger partial charge in [-0.2, -0.15) is 0 Å². The molecule has 0 aromatic carbocycles. The number of ether oxygens (including phenoxy) is 4. The third-order valence-corrected chi connectivity index (χ3v) is 11.8. The third-order valence-electron chi connectivity index (χ3n) is 11.8. The predicted octanol–water partition coefficient (Wildman–Crippen LogP) is 3.76. The Bertz CT molecular complexity index is 1160. The number of rotatable bonds is 9. The highest BCUT2D eigenvalue weighted by atomic mass is 16.6. The summed E-state index contributed by atoms with van der Waals surface area (Å²) in [5.41, 5.74) is 0.141. The molecule has 0 spiro atoms. The Morgan fingerprint density at radius 3 is 1.52 bits per heavy atom. The zero-order chi connectivity index (χ0) is 32.6. The number of carbonyl (C=O) groups excluding carboxylic acids is 4. The number of epoxide rings is 2. The van der Waals surface area contributed by atoms with Gasteiger partial charge in [0, 0.05) is 62.8 Å². The molecule has 10 nitrogen and oxygen atoms in total. The van der Waals surface area contributed by atoms with Crippen molar-refractivity contribution < 1.29 is 38.1 Å². The first kappa shape index (κ1) is 33.5. The molecule has 6 aliphatic rings. The zero-order valence-corrected chi connectivity index (χ0v) is 27.6. The maximum Gasteiger partial charge on any atom is 0.223 e. The smallest absolute Gasteiger partial charge is 0.223 e. The van der Waals surface area contributed by atoms with Crippen molar-refractivity contribution in [2.75, 3.05) is 26.3 Å². The molecule has 6 rings (SSSR count). The van der Waals surface area contributed by atoms with E-state index < -0.39 is 11.2 Å². The molecular formula is C36H52N2O8. The van der Waals surface area contributed by atoms with Gasteiger partial charge in [0.05, 0.1) is 24.4 Å². The first-order valence-corrected chi connectivity index (χ1v) is 17.6. The Morgan fingerprint density at radius 2 is 1.11 bits per heavy atom. The van der Waals surface area contributed by atoms with Crippen molar-refractivity contribution in [1.29, 1.82) is 0 Å². The Kier molecular flexibility index (Phi) is 9.91. The van der Waals surface area contributed by atoms with E-state index >= 15 is 0 Å². The van der Waals surface area contributed by atoms with Gasteiger partial charge in [0.1, 0.15) is 11.2 Å². The van der Waals surface area contributed by atoms with E-state index in [2.05, 4.69) is 23.8 Å². The fourth-order valence-electron chi connectivity index (χ4n) is 8.68. The van der Waals surface area contributed by atoms with E-state index in [0.29, 0.717) is 76.0 Å². The van der Waals surface area contributed by atoms with Crippen LogP contribution in [0, 0.1) is 23.7 Å². The van der Waals surface area contributed by atoms with Crippen LogP contribution in [0.15, 0.2) is 24.3 Å². The average Bonchev–Trinajstić information content (AvgIpc) is 3.60. The lowest BCUT2D eigenvalue weighted by atomic mass is 9.76. The highest BCUT2D eigenvalue weighted by Crippen LogP contribution is 2.52. The van der Waals surface area contributed by atoms with Gasteiger partial charge in [-0.05, 0) is 76.4 Å². The summed E-state index contributed by atoms with van der Waals surface area (Å²) >= 11 is 0. The molecule has 0 unspecified atom stereocenters. The van der Waals surface area contributed by atoms with E-state index in [4.69, 9.17) is 18.9 Å². The van der Waals surface area contributed by atoms with Crippen LogP contribution in [0.1, 0.15) is 90.9 Å². The second kappa shape index (κ2) is 13.6. The second-order valence-corrected chi connectivity index (χ2v) is 14.8. The third kappa shape index (κ3) is 6.78. The van der Waals surface area contributed by atoms with Gasteiger partial charge in [0.25, 0.3) is 0 Å². The lowest BCUT2D eigenvalue weighted by Crippen LogP contribution is -2.44. The Morgan fingerprint density at radius 1 is 0.696 bits per heavy atom. The van der Waals surface area contributed by atoms with Crippen molar-refractivity contribution in [1.82, 2.24) is 10.6 Å². The number of unbranched alkanes of at least 4 members (excludes halogenated alkanes) is 3. The zero-order valence-electron chi connectivity index (χ0n) is 27.6. The molecule has 254 valence electrons. The molecule has 4 aliphatic heterocycles. The number of hydrogen-bond acceptors (Lipinski definition) is 8. The molecule has 2 aliphatic carbocycles. The number of nitrogens with one attached hydrogen (secondary N) is 2. The molecule has 0 bridgehead atoms. The maximum absolute atomic E-state index is 13.4. The standard InChI is InChI=1S/C36H52N2O8/c1-21-9-11-25(23-13-17-43-31(23)35(3)29(45-35)19-27(21)39)33(41)37-15-7-5-6-8-16-38-34(42)26-12-10-22(2)28(40)20-30-36(4,46-30)32-24(26)14-18-44-32/h23-26,29-32H,1-2,5-20H2,3-4H3,(H,37,41)(H,38,42)/t23-,24-,25-,26-,29-,30-,31-,32-,35-,36-/m0/s1. The summed E-state index contributed by atoms with van der Waals surface area (Å²) in [6.07, 6.45) is 7.44. The largest absolute Gasteiger partial charge is 0.375 e. The molecule has 46 heavy (non-hydrogen) atoms. The minimum absolute atomic E-state index is 0.0236. The molecule has 4 saturated heterocycles. The molecule has 0 aromatic rings.